The lowest BCUT2D eigenvalue weighted by Crippen LogP contribution is -2.12. The molecular formula is C17H14N6O. The largest absolute Gasteiger partial charge is 0.366 e. The van der Waals surface area contributed by atoms with Gasteiger partial charge in [0.1, 0.15) is 5.82 Å². The van der Waals surface area contributed by atoms with Crippen molar-refractivity contribution in [3.05, 3.63) is 66.4 Å². The number of amides is 1. The lowest BCUT2D eigenvalue weighted by Gasteiger charge is -2.11. The minimum absolute atomic E-state index is 0.452. The monoisotopic (exact) mass is 318 g/mol. The van der Waals surface area contributed by atoms with E-state index in [1.54, 1.807) is 35.2 Å². The van der Waals surface area contributed by atoms with Gasteiger partial charge in [-0.05, 0) is 30.7 Å². The van der Waals surface area contributed by atoms with Crippen LogP contribution in [0.2, 0.25) is 0 Å². The topological polar surface area (TPSA) is 91.1 Å². The maximum Gasteiger partial charge on any atom is 0.248 e. The van der Waals surface area contributed by atoms with Gasteiger partial charge in [0.2, 0.25) is 5.91 Å². The van der Waals surface area contributed by atoms with Gasteiger partial charge in [0, 0.05) is 30.4 Å². The van der Waals surface area contributed by atoms with Crippen molar-refractivity contribution in [2.75, 3.05) is 0 Å². The lowest BCUT2D eigenvalue weighted by molar-refractivity contribution is 0.100. The Balaban J connectivity index is 1.93. The number of primary amides is 1. The van der Waals surface area contributed by atoms with E-state index in [0.717, 1.165) is 16.8 Å². The van der Waals surface area contributed by atoms with Crippen molar-refractivity contribution in [1.82, 2.24) is 24.1 Å². The van der Waals surface area contributed by atoms with Crippen LogP contribution in [0.25, 0.3) is 22.7 Å². The van der Waals surface area contributed by atoms with Crippen molar-refractivity contribution >= 4 is 11.6 Å². The molecule has 0 spiro atoms. The third-order valence-electron chi connectivity index (χ3n) is 3.91. The number of carbonyl (C=O) groups excluding carboxylic acids is 1. The van der Waals surface area contributed by atoms with E-state index >= 15 is 0 Å². The molecule has 2 N–H and O–H groups in total. The predicted octanol–water partition coefficient (Wildman–Crippen LogP) is 1.99. The highest BCUT2D eigenvalue weighted by Gasteiger charge is 2.16. The summed E-state index contributed by atoms with van der Waals surface area (Å²) in [5.41, 5.74) is 9.23. The van der Waals surface area contributed by atoms with Crippen LogP contribution in [0.4, 0.5) is 0 Å². The number of imidazole rings is 1. The summed E-state index contributed by atoms with van der Waals surface area (Å²) in [7, 11) is 0. The first-order chi connectivity index (χ1) is 11.6. The molecule has 1 aromatic carbocycles. The Morgan fingerprint density at radius 2 is 2.04 bits per heavy atom. The summed E-state index contributed by atoms with van der Waals surface area (Å²) < 4.78 is 3.61. The summed E-state index contributed by atoms with van der Waals surface area (Å²) in [6, 6.07) is 7.17. The van der Waals surface area contributed by atoms with Crippen molar-refractivity contribution < 1.29 is 4.79 Å². The lowest BCUT2D eigenvalue weighted by atomic mass is 10.1. The van der Waals surface area contributed by atoms with Crippen LogP contribution in [0.3, 0.4) is 0 Å². The first-order valence-electron chi connectivity index (χ1n) is 7.38. The quantitative estimate of drug-likeness (QED) is 0.625. The van der Waals surface area contributed by atoms with Crippen molar-refractivity contribution in [3.63, 3.8) is 0 Å². The molecule has 4 aromatic rings. The van der Waals surface area contributed by atoms with Crippen molar-refractivity contribution in [1.29, 1.82) is 0 Å². The summed E-state index contributed by atoms with van der Waals surface area (Å²) in [5.74, 6) is 0.240. The van der Waals surface area contributed by atoms with Crippen molar-refractivity contribution in [2.24, 2.45) is 5.73 Å². The smallest absolute Gasteiger partial charge is 0.248 e. The van der Waals surface area contributed by atoms with Crippen LogP contribution in [-0.2, 0) is 0 Å². The van der Waals surface area contributed by atoms with E-state index in [2.05, 4.69) is 15.1 Å². The van der Waals surface area contributed by atoms with Gasteiger partial charge in [0.05, 0.1) is 17.4 Å². The van der Waals surface area contributed by atoms with Gasteiger partial charge < -0.3 is 5.73 Å². The summed E-state index contributed by atoms with van der Waals surface area (Å²) in [4.78, 5) is 20.3. The van der Waals surface area contributed by atoms with Gasteiger partial charge in [0.15, 0.2) is 5.65 Å². The zero-order valence-electron chi connectivity index (χ0n) is 12.9. The molecule has 0 aliphatic rings. The zero-order chi connectivity index (χ0) is 16.7. The van der Waals surface area contributed by atoms with Crippen LogP contribution in [-0.4, -0.2) is 30.1 Å². The van der Waals surface area contributed by atoms with Gasteiger partial charge in [0.25, 0.3) is 0 Å². The number of hydrogen-bond acceptors (Lipinski definition) is 4. The van der Waals surface area contributed by atoms with Crippen LogP contribution in [0.5, 0.6) is 0 Å². The van der Waals surface area contributed by atoms with E-state index in [0.29, 0.717) is 17.0 Å². The zero-order valence-corrected chi connectivity index (χ0v) is 12.9. The second-order valence-electron chi connectivity index (χ2n) is 5.43. The summed E-state index contributed by atoms with van der Waals surface area (Å²) >= 11 is 0. The molecule has 3 aromatic heterocycles. The molecule has 0 radical (unpaired) electrons. The third-order valence-corrected chi connectivity index (χ3v) is 3.91. The molecule has 3 heterocycles. The number of fused-ring (bicyclic) bond motifs is 1. The van der Waals surface area contributed by atoms with E-state index in [1.807, 2.05) is 36.0 Å². The average molecular weight is 318 g/mol. The minimum atomic E-state index is -0.462. The maximum atomic E-state index is 11.5. The van der Waals surface area contributed by atoms with Gasteiger partial charge in [-0.15, -0.1) is 0 Å². The van der Waals surface area contributed by atoms with Gasteiger partial charge in [-0.2, -0.15) is 5.10 Å². The molecule has 0 fully saturated rings. The number of aromatic nitrogens is 5. The Kier molecular flexibility index (Phi) is 3.13. The first-order valence-corrected chi connectivity index (χ1v) is 7.38. The molecule has 4 rings (SSSR count). The summed E-state index contributed by atoms with van der Waals surface area (Å²) in [5, 5.41) is 4.30. The molecule has 0 atom stereocenters. The Labute approximate surface area is 137 Å². The molecular weight excluding hydrogens is 304 g/mol. The highest BCUT2D eigenvalue weighted by atomic mass is 16.1. The molecule has 0 unspecified atom stereocenters. The molecule has 0 bridgehead atoms. The molecule has 24 heavy (non-hydrogen) atoms. The molecule has 1 amide bonds. The molecule has 7 nitrogen and oxygen atoms in total. The van der Waals surface area contributed by atoms with Gasteiger partial charge in [-0.25, -0.2) is 14.5 Å². The van der Waals surface area contributed by atoms with Crippen LogP contribution in [0, 0.1) is 6.92 Å². The number of aryl methyl sites for hydroxylation is 1. The second-order valence-corrected chi connectivity index (χ2v) is 5.43. The van der Waals surface area contributed by atoms with Gasteiger partial charge in [-0.3, -0.25) is 9.36 Å². The fourth-order valence-electron chi connectivity index (χ4n) is 2.70. The number of nitrogens with two attached hydrogens (primary N) is 1. The number of carbonyl (C=O) groups is 1. The summed E-state index contributed by atoms with van der Waals surface area (Å²) in [6.45, 7) is 1.97. The van der Waals surface area contributed by atoms with Crippen molar-refractivity contribution in [3.8, 4) is 17.1 Å². The Bertz CT molecular complexity index is 1060. The van der Waals surface area contributed by atoms with Gasteiger partial charge >= 0.3 is 0 Å². The van der Waals surface area contributed by atoms with E-state index in [-0.39, 0.29) is 0 Å². The fraction of sp³-hybridized carbons (Fsp3) is 0.0588. The van der Waals surface area contributed by atoms with Crippen molar-refractivity contribution in [2.45, 2.75) is 6.92 Å². The number of hydrogen-bond donors (Lipinski definition) is 1. The first kappa shape index (κ1) is 14.1. The molecule has 7 heteroatoms. The number of benzene rings is 1. The van der Waals surface area contributed by atoms with E-state index in [9.17, 15) is 4.79 Å². The Morgan fingerprint density at radius 3 is 2.88 bits per heavy atom. The molecule has 0 saturated heterocycles. The average Bonchev–Trinajstić information content (AvgIpc) is 3.21. The predicted molar refractivity (Wildman–Crippen MR) is 88.8 cm³/mol. The SMILES string of the molecule is Cc1ccc(C(N)=O)cc1-n1ccnc1-c1cnn2cccnc12. The molecule has 0 aliphatic heterocycles. The third kappa shape index (κ3) is 2.14. The van der Waals surface area contributed by atoms with Crippen LogP contribution in [0.1, 0.15) is 15.9 Å². The minimum Gasteiger partial charge on any atom is -0.366 e. The Hall–Kier alpha value is -3.48. The highest BCUT2D eigenvalue weighted by Crippen LogP contribution is 2.26. The van der Waals surface area contributed by atoms with E-state index < -0.39 is 5.91 Å². The molecule has 0 saturated carbocycles. The maximum absolute atomic E-state index is 11.5. The normalized spacial score (nSPS) is 11.0. The van der Waals surface area contributed by atoms with Crippen LogP contribution < -0.4 is 5.73 Å². The van der Waals surface area contributed by atoms with E-state index in [4.69, 9.17) is 5.73 Å². The Morgan fingerprint density at radius 1 is 1.17 bits per heavy atom. The van der Waals surface area contributed by atoms with E-state index in [1.165, 1.54) is 0 Å². The second kappa shape index (κ2) is 5.31. The van der Waals surface area contributed by atoms with Gasteiger partial charge in [-0.1, -0.05) is 6.07 Å². The summed E-state index contributed by atoms with van der Waals surface area (Å²) in [6.07, 6.45) is 8.83. The number of rotatable bonds is 3. The van der Waals surface area contributed by atoms with Crippen LogP contribution >= 0.6 is 0 Å². The molecule has 0 aliphatic carbocycles. The fourth-order valence-corrected chi connectivity index (χ4v) is 2.70. The molecule has 118 valence electrons. The van der Waals surface area contributed by atoms with Crippen LogP contribution in [0.15, 0.2) is 55.2 Å². The highest BCUT2D eigenvalue weighted by molar-refractivity contribution is 5.93. The standard InChI is InChI=1S/C17H14N6O/c1-11-3-4-12(15(18)24)9-14(11)22-8-6-20-16(22)13-10-21-23-7-2-5-19-17(13)23/h2-10H,1H3,(H2,18,24). The number of nitrogens with zero attached hydrogens (tertiary/aromatic N) is 5.